The first-order valence-corrected chi connectivity index (χ1v) is 9.33. The monoisotopic (exact) mass is 491 g/mol. The van der Waals surface area contributed by atoms with Gasteiger partial charge in [-0.15, -0.1) is 24.0 Å². The molecule has 27 heavy (non-hydrogen) atoms. The molecule has 0 radical (unpaired) electrons. The van der Waals surface area contributed by atoms with Gasteiger partial charge in [0.05, 0.1) is 26.9 Å². The Labute approximate surface area is 180 Å². The summed E-state index contributed by atoms with van der Waals surface area (Å²) in [4.78, 5) is 6.76. The standard InChI is InChI=1S/C20H33N3O3.HI/c1-16-5-6-19(25-4)18(13-16)7-9-22-20(21-2)23-10-8-17(14-23)15-26-12-11-24-3;/h5-6,13,17H,7-12,14-15H2,1-4H3,(H,21,22);1H. The third-order valence-electron chi connectivity index (χ3n) is 4.70. The van der Waals surface area contributed by atoms with E-state index in [1.807, 2.05) is 13.1 Å². The molecule has 2 rings (SSSR count). The van der Waals surface area contributed by atoms with E-state index in [-0.39, 0.29) is 24.0 Å². The molecule has 1 saturated heterocycles. The second kappa shape index (κ2) is 13.2. The highest BCUT2D eigenvalue weighted by Crippen LogP contribution is 2.20. The van der Waals surface area contributed by atoms with Gasteiger partial charge in [0, 0.05) is 39.7 Å². The number of methoxy groups -OCH3 is 2. The highest BCUT2D eigenvalue weighted by atomic mass is 127. The maximum atomic E-state index is 5.67. The predicted octanol–water partition coefficient (Wildman–Crippen LogP) is 2.72. The molecule has 0 bridgehead atoms. The number of hydrogen-bond acceptors (Lipinski definition) is 4. The lowest BCUT2D eigenvalue weighted by molar-refractivity contribution is 0.0536. The molecular formula is C20H34IN3O3. The van der Waals surface area contributed by atoms with Gasteiger partial charge in [-0.3, -0.25) is 4.99 Å². The van der Waals surface area contributed by atoms with E-state index in [2.05, 4.69) is 34.3 Å². The molecule has 0 saturated carbocycles. The van der Waals surface area contributed by atoms with Crippen LogP contribution in [0.15, 0.2) is 23.2 Å². The molecule has 7 heteroatoms. The van der Waals surface area contributed by atoms with Crippen LogP contribution in [-0.4, -0.2) is 71.6 Å². The van der Waals surface area contributed by atoms with Crippen LogP contribution >= 0.6 is 24.0 Å². The van der Waals surface area contributed by atoms with Gasteiger partial charge < -0.3 is 24.4 Å². The molecule has 1 aliphatic rings. The summed E-state index contributed by atoms with van der Waals surface area (Å²) in [5, 5.41) is 3.49. The minimum absolute atomic E-state index is 0. The van der Waals surface area contributed by atoms with Gasteiger partial charge in [0.25, 0.3) is 0 Å². The first kappa shape index (κ1) is 24.0. The largest absolute Gasteiger partial charge is 0.496 e. The van der Waals surface area contributed by atoms with Gasteiger partial charge in [0.1, 0.15) is 5.75 Å². The maximum absolute atomic E-state index is 5.67. The van der Waals surface area contributed by atoms with Crippen LogP contribution in [0.3, 0.4) is 0 Å². The van der Waals surface area contributed by atoms with Gasteiger partial charge in [-0.2, -0.15) is 0 Å². The molecule has 0 amide bonds. The van der Waals surface area contributed by atoms with Gasteiger partial charge in [-0.05, 0) is 31.4 Å². The van der Waals surface area contributed by atoms with Gasteiger partial charge in [-0.1, -0.05) is 17.7 Å². The zero-order chi connectivity index (χ0) is 18.8. The van der Waals surface area contributed by atoms with E-state index in [0.29, 0.717) is 19.1 Å². The lowest BCUT2D eigenvalue weighted by Crippen LogP contribution is -2.41. The molecular weight excluding hydrogens is 457 g/mol. The number of aliphatic imine (C=N–C) groups is 1. The predicted molar refractivity (Wildman–Crippen MR) is 121 cm³/mol. The van der Waals surface area contributed by atoms with Crippen LogP contribution in [0, 0.1) is 12.8 Å². The number of rotatable bonds is 9. The van der Waals surface area contributed by atoms with E-state index in [1.54, 1.807) is 14.2 Å². The molecule has 0 spiro atoms. The Balaban J connectivity index is 0.00000364. The van der Waals surface area contributed by atoms with Crippen LogP contribution in [-0.2, 0) is 15.9 Å². The summed E-state index contributed by atoms with van der Waals surface area (Å²) < 4.78 is 16.1. The maximum Gasteiger partial charge on any atom is 0.193 e. The van der Waals surface area contributed by atoms with Crippen molar-refractivity contribution in [2.24, 2.45) is 10.9 Å². The van der Waals surface area contributed by atoms with Gasteiger partial charge in [0.2, 0.25) is 0 Å². The molecule has 1 unspecified atom stereocenters. The van der Waals surface area contributed by atoms with Crippen LogP contribution in [0.25, 0.3) is 0 Å². The Bertz CT molecular complexity index is 584. The summed E-state index contributed by atoms with van der Waals surface area (Å²) in [7, 11) is 5.26. The zero-order valence-electron chi connectivity index (χ0n) is 17.0. The zero-order valence-corrected chi connectivity index (χ0v) is 19.3. The average Bonchev–Trinajstić information content (AvgIpc) is 3.11. The first-order valence-electron chi connectivity index (χ1n) is 9.33. The third-order valence-corrected chi connectivity index (χ3v) is 4.70. The summed E-state index contributed by atoms with van der Waals surface area (Å²) >= 11 is 0. The van der Waals surface area contributed by atoms with E-state index >= 15 is 0 Å². The Kier molecular flexibility index (Phi) is 11.7. The molecule has 1 aromatic carbocycles. The van der Waals surface area contributed by atoms with Crippen LogP contribution < -0.4 is 10.1 Å². The Hall–Kier alpha value is -1.06. The number of aryl methyl sites for hydroxylation is 1. The Morgan fingerprint density at radius 2 is 2.11 bits per heavy atom. The number of guanidine groups is 1. The second-order valence-electron chi connectivity index (χ2n) is 6.71. The quantitative estimate of drug-likeness (QED) is 0.249. The average molecular weight is 491 g/mol. The van der Waals surface area contributed by atoms with Crippen molar-refractivity contribution in [3.05, 3.63) is 29.3 Å². The molecule has 1 N–H and O–H groups in total. The highest BCUT2D eigenvalue weighted by Gasteiger charge is 2.24. The molecule has 0 aromatic heterocycles. The second-order valence-corrected chi connectivity index (χ2v) is 6.71. The van der Waals surface area contributed by atoms with Gasteiger partial charge in [-0.25, -0.2) is 0 Å². The Morgan fingerprint density at radius 3 is 2.81 bits per heavy atom. The van der Waals surface area contributed by atoms with Crippen LogP contribution in [0.5, 0.6) is 5.75 Å². The number of halogens is 1. The molecule has 1 aliphatic heterocycles. The minimum Gasteiger partial charge on any atom is -0.496 e. The number of nitrogens with zero attached hydrogens (tertiary/aromatic N) is 2. The van der Waals surface area contributed by atoms with Crippen molar-refractivity contribution < 1.29 is 14.2 Å². The smallest absolute Gasteiger partial charge is 0.193 e. The summed E-state index contributed by atoms with van der Waals surface area (Å²) in [6.45, 7) is 7.05. The van der Waals surface area contributed by atoms with Gasteiger partial charge in [0.15, 0.2) is 5.96 Å². The summed E-state index contributed by atoms with van der Waals surface area (Å²) in [6, 6.07) is 6.30. The summed E-state index contributed by atoms with van der Waals surface area (Å²) in [6.07, 6.45) is 2.04. The highest BCUT2D eigenvalue weighted by molar-refractivity contribution is 14.0. The number of hydrogen-bond donors (Lipinski definition) is 1. The lowest BCUT2D eigenvalue weighted by atomic mass is 10.1. The van der Waals surface area contributed by atoms with Crippen molar-refractivity contribution >= 4 is 29.9 Å². The molecule has 0 aliphatic carbocycles. The molecule has 1 atom stereocenters. The van der Waals surface area contributed by atoms with E-state index in [4.69, 9.17) is 14.2 Å². The van der Waals surface area contributed by atoms with E-state index in [1.165, 1.54) is 11.1 Å². The molecule has 6 nitrogen and oxygen atoms in total. The lowest BCUT2D eigenvalue weighted by Gasteiger charge is -2.22. The number of benzene rings is 1. The van der Waals surface area contributed by atoms with Gasteiger partial charge >= 0.3 is 0 Å². The fourth-order valence-electron chi connectivity index (χ4n) is 3.30. The SMILES string of the molecule is CN=C(NCCc1cc(C)ccc1OC)N1CCC(COCCOC)C1.I. The summed E-state index contributed by atoms with van der Waals surface area (Å²) in [5.41, 5.74) is 2.47. The number of nitrogens with one attached hydrogen (secondary N) is 1. The fraction of sp³-hybridized carbons (Fsp3) is 0.650. The minimum atomic E-state index is 0. The van der Waals surface area contributed by atoms with E-state index in [0.717, 1.165) is 50.8 Å². The molecule has 1 fully saturated rings. The molecule has 154 valence electrons. The molecule has 1 aromatic rings. The van der Waals surface area contributed by atoms with Crippen molar-refractivity contribution in [1.82, 2.24) is 10.2 Å². The third kappa shape index (κ3) is 7.83. The topological polar surface area (TPSA) is 55.3 Å². The van der Waals surface area contributed by atoms with Crippen LogP contribution in [0.2, 0.25) is 0 Å². The fourth-order valence-corrected chi connectivity index (χ4v) is 3.30. The van der Waals surface area contributed by atoms with Crippen molar-refractivity contribution in [3.8, 4) is 5.75 Å². The van der Waals surface area contributed by atoms with E-state index < -0.39 is 0 Å². The van der Waals surface area contributed by atoms with Crippen molar-refractivity contribution in [2.75, 3.05) is 60.7 Å². The normalized spacial score (nSPS) is 17.0. The number of likely N-dealkylation sites (tertiary alicyclic amines) is 1. The van der Waals surface area contributed by atoms with Crippen molar-refractivity contribution in [1.29, 1.82) is 0 Å². The Morgan fingerprint density at radius 1 is 1.30 bits per heavy atom. The van der Waals surface area contributed by atoms with Crippen molar-refractivity contribution in [3.63, 3.8) is 0 Å². The first-order chi connectivity index (χ1) is 12.7. The van der Waals surface area contributed by atoms with Crippen LogP contribution in [0.4, 0.5) is 0 Å². The van der Waals surface area contributed by atoms with Crippen LogP contribution in [0.1, 0.15) is 17.5 Å². The number of ether oxygens (including phenoxy) is 3. The molecule has 1 heterocycles. The summed E-state index contributed by atoms with van der Waals surface area (Å²) in [5.74, 6) is 2.47. The van der Waals surface area contributed by atoms with E-state index in [9.17, 15) is 0 Å². The van der Waals surface area contributed by atoms with Crippen molar-refractivity contribution in [2.45, 2.75) is 19.8 Å².